The molecular weight excluding hydrogens is 322 g/mol. The zero-order chi connectivity index (χ0) is 13.8. The van der Waals surface area contributed by atoms with Gasteiger partial charge in [0.25, 0.3) is 0 Å². The number of hydrogen-bond donors (Lipinski definition) is 0. The summed E-state index contributed by atoms with van der Waals surface area (Å²) < 4.78 is 1.11. The van der Waals surface area contributed by atoms with Crippen molar-refractivity contribution in [3.63, 3.8) is 0 Å². The van der Waals surface area contributed by atoms with Crippen LogP contribution in [0.2, 0.25) is 5.02 Å². The summed E-state index contributed by atoms with van der Waals surface area (Å²) >= 11 is 9.71. The number of halogens is 2. The summed E-state index contributed by atoms with van der Waals surface area (Å²) in [5.74, 6) is 0. The zero-order valence-electron chi connectivity index (χ0n) is 11.1. The summed E-state index contributed by atoms with van der Waals surface area (Å²) in [6.07, 6.45) is 0. The molecule has 0 aliphatic rings. The van der Waals surface area contributed by atoms with Crippen molar-refractivity contribution in [2.24, 2.45) is 0 Å². The molecule has 2 rings (SSSR count). The Labute approximate surface area is 128 Å². The van der Waals surface area contributed by atoms with Crippen LogP contribution in [0.3, 0.4) is 0 Å². The van der Waals surface area contributed by atoms with Crippen LogP contribution in [-0.2, 0) is 6.54 Å². The van der Waals surface area contributed by atoms with Gasteiger partial charge in [0.2, 0.25) is 0 Å². The summed E-state index contributed by atoms with van der Waals surface area (Å²) in [6.45, 7) is 3.08. The maximum atomic E-state index is 6.25. The molecule has 2 aromatic rings. The number of hydrogen-bond acceptors (Lipinski definition) is 1. The molecule has 1 nitrogen and oxygen atoms in total. The molecule has 0 spiro atoms. The lowest BCUT2D eigenvalue weighted by Gasteiger charge is -2.26. The predicted octanol–water partition coefficient (Wildman–Crippen LogP) is 5.30. The molecule has 0 aliphatic heterocycles. The van der Waals surface area contributed by atoms with E-state index in [9.17, 15) is 0 Å². The van der Waals surface area contributed by atoms with E-state index in [0.29, 0.717) is 0 Å². The van der Waals surface area contributed by atoms with Crippen LogP contribution < -0.4 is 0 Å². The Morgan fingerprint density at radius 1 is 1.11 bits per heavy atom. The van der Waals surface area contributed by atoms with Gasteiger partial charge >= 0.3 is 0 Å². The van der Waals surface area contributed by atoms with Crippen molar-refractivity contribution >= 4 is 27.5 Å². The summed E-state index contributed by atoms with van der Waals surface area (Å²) in [4.78, 5) is 2.30. The van der Waals surface area contributed by atoms with E-state index in [4.69, 9.17) is 11.6 Å². The van der Waals surface area contributed by atoms with E-state index in [-0.39, 0.29) is 6.04 Å². The van der Waals surface area contributed by atoms with Gasteiger partial charge in [0.05, 0.1) is 0 Å². The number of rotatable bonds is 4. The van der Waals surface area contributed by atoms with Crippen molar-refractivity contribution in [2.45, 2.75) is 19.5 Å². The molecule has 0 radical (unpaired) electrons. The topological polar surface area (TPSA) is 3.24 Å². The third-order valence-corrected chi connectivity index (χ3v) is 4.23. The highest BCUT2D eigenvalue weighted by Gasteiger charge is 2.14. The minimum atomic E-state index is 0.289. The molecule has 0 fully saturated rings. The normalized spacial score (nSPS) is 12.7. The Morgan fingerprint density at radius 2 is 1.74 bits per heavy atom. The molecule has 19 heavy (non-hydrogen) atoms. The average Bonchev–Trinajstić information content (AvgIpc) is 2.41. The molecule has 0 N–H and O–H groups in total. The van der Waals surface area contributed by atoms with Gasteiger partial charge in [0, 0.05) is 22.1 Å². The van der Waals surface area contributed by atoms with Crippen molar-refractivity contribution in [1.82, 2.24) is 4.90 Å². The molecular formula is C16H17BrClN. The summed E-state index contributed by atoms with van der Waals surface area (Å²) in [6, 6.07) is 16.7. The lowest BCUT2D eigenvalue weighted by Crippen LogP contribution is -2.22. The van der Waals surface area contributed by atoms with Gasteiger partial charge in [-0.3, -0.25) is 4.90 Å². The molecule has 0 saturated heterocycles. The van der Waals surface area contributed by atoms with Crippen LogP contribution >= 0.6 is 27.5 Å². The van der Waals surface area contributed by atoms with Crippen LogP contribution in [0.4, 0.5) is 0 Å². The van der Waals surface area contributed by atoms with Crippen molar-refractivity contribution in [3.05, 3.63) is 69.2 Å². The smallest absolute Gasteiger partial charge is 0.0453 e. The first kappa shape index (κ1) is 14.6. The van der Waals surface area contributed by atoms with Gasteiger partial charge < -0.3 is 0 Å². The Morgan fingerprint density at radius 3 is 2.37 bits per heavy atom. The third kappa shape index (κ3) is 3.82. The standard InChI is InChI=1S/C16H17BrClN/c1-12(15-5-3-4-6-16(15)18)19(2)11-13-7-9-14(17)10-8-13/h3-10,12H,11H2,1-2H3. The van der Waals surface area contributed by atoms with Gasteiger partial charge in [0.1, 0.15) is 0 Å². The molecule has 1 atom stereocenters. The third-order valence-electron chi connectivity index (χ3n) is 3.36. The second-order valence-corrected chi connectivity index (χ2v) is 6.06. The lowest BCUT2D eigenvalue weighted by atomic mass is 10.1. The van der Waals surface area contributed by atoms with Crippen LogP contribution in [0.1, 0.15) is 24.1 Å². The molecule has 2 aromatic carbocycles. The molecule has 1 unspecified atom stereocenters. The zero-order valence-corrected chi connectivity index (χ0v) is 13.4. The minimum absolute atomic E-state index is 0.289. The van der Waals surface area contributed by atoms with E-state index in [1.165, 1.54) is 11.1 Å². The van der Waals surface area contributed by atoms with Crippen molar-refractivity contribution < 1.29 is 0 Å². The van der Waals surface area contributed by atoms with E-state index < -0.39 is 0 Å². The predicted molar refractivity (Wildman–Crippen MR) is 85.5 cm³/mol. The van der Waals surface area contributed by atoms with Crippen LogP contribution in [0.25, 0.3) is 0 Å². The SMILES string of the molecule is CC(c1ccccc1Cl)N(C)Cc1ccc(Br)cc1. The van der Waals surface area contributed by atoms with Crippen molar-refractivity contribution in [2.75, 3.05) is 7.05 Å². The Bertz CT molecular complexity index is 539. The fourth-order valence-corrected chi connectivity index (χ4v) is 2.62. The largest absolute Gasteiger partial charge is 0.295 e. The summed E-state index contributed by atoms with van der Waals surface area (Å²) in [7, 11) is 2.12. The quantitative estimate of drug-likeness (QED) is 0.731. The molecule has 0 aliphatic carbocycles. The minimum Gasteiger partial charge on any atom is -0.295 e. The molecule has 100 valence electrons. The first-order valence-electron chi connectivity index (χ1n) is 6.27. The van der Waals surface area contributed by atoms with Gasteiger partial charge in [-0.25, -0.2) is 0 Å². The molecule has 0 aromatic heterocycles. The highest BCUT2D eigenvalue weighted by Crippen LogP contribution is 2.27. The molecule has 3 heteroatoms. The Kier molecular flexibility index (Phi) is 5.03. The average molecular weight is 339 g/mol. The molecule has 0 saturated carbocycles. The van der Waals surface area contributed by atoms with Crippen molar-refractivity contribution in [3.8, 4) is 0 Å². The van der Waals surface area contributed by atoms with Gasteiger partial charge in [-0.15, -0.1) is 0 Å². The monoisotopic (exact) mass is 337 g/mol. The fourth-order valence-electron chi connectivity index (χ4n) is 2.07. The highest BCUT2D eigenvalue weighted by atomic mass is 79.9. The van der Waals surface area contributed by atoms with Gasteiger partial charge in [0.15, 0.2) is 0 Å². The second-order valence-electron chi connectivity index (χ2n) is 4.74. The Hall–Kier alpha value is -0.830. The van der Waals surface area contributed by atoms with Crippen LogP contribution in [0.5, 0.6) is 0 Å². The van der Waals surface area contributed by atoms with E-state index in [1.54, 1.807) is 0 Å². The molecule has 0 bridgehead atoms. The molecule has 0 amide bonds. The number of nitrogens with zero attached hydrogens (tertiary/aromatic N) is 1. The van der Waals surface area contributed by atoms with E-state index in [0.717, 1.165) is 16.0 Å². The number of benzene rings is 2. The first-order chi connectivity index (χ1) is 9.08. The van der Waals surface area contributed by atoms with Gasteiger partial charge in [-0.05, 0) is 43.3 Å². The summed E-state index contributed by atoms with van der Waals surface area (Å²) in [5.41, 5.74) is 2.47. The second kappa shape index (κ2) is 6.56. The first-order valence-corrected chi connectivity index (χ1v) is 7.44. The van der Waals surface area contributed by atoms with Crippen molar-refractivity contribution in [1.29, 1.82) is 0 Å². The highest BCUT2D eigenvalue weighted by molar-refractivity contribution is 9.10. The lowest BCUT2D eigenvalue weighted by molar-refractivity contribution is 0.253. The Balaban J connectivity index is 2.09. The van der Waals surface area contributed by atoms with Crippen LogP contribution in [-0.4, -0.2) is 11.9 Å². The maximum Gasteiger partial charge on any atom is 0.0453 e. The maximum absolute atomic E-state index is 6.25. The van der Waals surface area contributed by atoms with Gasteiger partial charge in [-0.2, -0.15) is 0 Å². The van der Waals surface area contributed by atoms with Crippen LogP contribution in [0, 0.1) is 0 Å². The van der Waals surface area contributed by atoms with Gasteiger partial charge in [-0.1, -0.05) is 57.9 Å². The van der Waals surface area contributed by atoms with E-state index >= 15 is 0 Å². The summed E-state index contributed by atoms with van der Waals surface area (Å²) in [5, 5.41) is 0.831. The fraction of sp³-hybridized carbons (Fsp3) is 0.250. The van der Waals surface area contributed by atoms with E-state index in [1.807, 2.05) is 18.2 Å². The van der Waals surface area contributed by atoms with E-state index in [2.05, 4.69) is 65.1 Å². The van der Waals surface area contributed by atoms with Crippen LogP contribution in [0.15, 0.2) is 53.0 Å². The molecule has 0 heterocycles.